The number of hydrogen-bond donors (Lipinski definition) is 1. The first-order valence-electron chi connectivity index (χ1n) is 6.75. The van der Waals surface area contributed by atoms with Gasteiger partial charge in [0, 0.05) is 16.7 Å². The van der Waals surface area contributed by atoms with E-state index in [-0.39, 0.29) is 11.9 Å². The highest BCUT2D eigenvalue weighted by Gasteiger charge is 2.09. The van der Waals surface area contributed by atoms with E-state index in [0.717, 1.165) is 6.42 Å². The maximum Gasteiger partial charge on any atom is 0.136 e. The third-order valence-corrected chi connectivity index (χ3v) is 4.51. The minimum atomic E-state index is -0.170. The summed E-state index contributed by atoms with van der Waals surface area (Å²) in [7, 11) is 0. The summed E-state index contributed by atoms with van der Waals surface area (Å²) in [5.74, 6) is 0.547. The van der Waals surface area contributed by atoms with Gasteiger partial charge in [0.25, 0.3) is 0 Å². The van der Waals surface area contributed by atoms with Crippen molar-refractivity contribution < 1.29 is 4.39 Å². The number of halogens is 1. The Morgan fingerprint density at radius 3 is 2.65 bits per heavy atom. The molecule has 0 bridgehead atoms. The molecule has 1 unspecified atom stereocenters. The molecular formula is C17H20FNS. The number of rotatable bonds is 5. The molecule has 2 aromatic carbocycles. The molecule has 106 valence electrons. The summed E-state index contributed by atoms with van der Waals surface area (Å²) in [6.07, 6.45) is 0.828. The molecule has 0 aliphatic carbocycles. The molecule has 0 aliphatic heterocycles. The smallest absolute Gasteiger partial charge is 0.136 e. The monoisotopic (exact) mass is 289 g/mol. The lowest BCUT2D eigenvalue weighted by molar-refractivity contribution is 0.601. The highest BCUT2D eigenvalue weighted by Crippen LogP contribution is 2.22. The standard InChI is InChI=1S/C17H20FNS/c1-12-7-8-13(2)14(9-12)10-15(19)11-20-17-6-4-3-5-16(17)18/h3-9,15H,10-11,19H2,1-2H3. The largest absolute Gasteiger partial charge is 0.327 e. The first-order valence-corrected chi connectivity index (χ1v) is 7.74. The van der Waals surface area contributed by atoms with Crippen LogP contribution in [0.2, 0.25) is 0 Å². The Morgan fingerprint density at radius 2 is 1.90 bits per heavy atom. The second-order valence-corrected chi connectivity index (χ2v) is 6.20. The van der Waals surface area contributed by atoms with Crippen LogP contribution in [0, 0.1) is 19.7 Å². The van der Waals surface area contributed by atoms with Crippen molar-refractivity contribution in [2.45, 2.75) is 31.2 Å². The second-order valence-electron chi connectivity index (χ2n) is 5.14. The number of hydrogen-bond acceptors (Lipinski definition) is 2. The van der Waals surface area contributed by atoms with Gasteiger partial charge in [-0.25, -0.2) is 4.39 Å². The van der Waals surface area contributed by atoms with Gasteiger partial charge in [0.1, 0.15) is 5.82 Å². The Kier molecular flexibility index (Phi) is 5.21. The van der Waals surface area contributed by atoms with Crippen molar-refractivity contribution in [3.63, 3.8) is 0 Å². The van der Waals surface area contributed by atoms with Crippen LogP contribution in [0.3, 0.4) is 0 Å². The van der Waals surface area contributed by atoms with Crippen LogP contribution in [0.4, 0.5) is 4.39 Å². The fraction of sp³-hybridized carbons (Fsp3) is 0.294. The molecule has 20 heavy (non-hydrogen) atoms. The van der Waals surface area contributed by atoms with E-state index < -0.39 is 0 Å². The zero-order chi connectivity index (χ0) is 14.5. The average molecular weight is 289 g/mol. The number of aryl methyl sites for hydroxylation is 2. The van der Waals surface area contributed by atoms with Crippen LogP contribution in [0.5, 0.6) is 0 Å². The van der Waals surface area contributed by atoms with E-state index in [1.807, 2.05) is 6.07 Å². The first-order chi connectivity index (χ1) is 9.56. The summed E-state index contributed by atoms with van der Waals surface area (Å²) in [6, 6.07) is 13.3. The second kappa shape index (κ2) is 6.91. The van der Waals surface area contributed by atoms with Crippen LogP contribution in [0.15, 0.2) is 47.4 Å². The lowest BCUT2D eigenvalue weighted by atomic mass is 10.00. The van der Waals surface area contributed by atoms with Gasteiger partial charge in [0.05, 0.1) is 0 Å². The third-order valence-electron chi connectivity index (χ3n) is 3.28. The molecule has 2 N–H and O–H groups in total. The van der Waals surface area contributed by atoms with Crippen LogP contribution in [0.1, 0.15) is 16.7 Å². The molecule has 0 saturated carbocycles. The van der Waals surface area contributed by atoms with Crippen LogP contribution in [-0.2, 0) is 6.42 Å². The zero-order valence-corrected chi connectivity index (χ0v) is 12.7. The molecule has 0 aliphatic rings. The molecule has 0 aromatic heterocycles. The molecule has 2 aromatic rings. The minimum absolute atomic E-state index is 0.0279. The van der Waals surface area contributed by atoms with Gasteiger partial charge in [-0.15, -0.1) is 11.8 Å². The van der Waals surface area contributed by atoms with Gasteiger partial charge in [-0.2, -0.15) is 0 Å². The Bertz CT molecular complexity index is 583. The van der Waals surface area contributed by atoms with Crippen molar-refractivity contribution in [1.29, 1.82) is 0 Å². The highest BCUT2D eigenvalue weighted by atomic mass is 32.2. The maximum atomic E-state index is 13.5. The van der Waals surface area contributed by atoms with Crippen molar-refractivity contribution in [2.24, 2.45) is 5.73 Å². The molecule has 0 radical (unpaired) electrons. The summed E-state index contributed by atoms with van der Waals surface area (Å²) in [6.45, 7) is 4.19. The highest BCUT2D eigenvalue weighted by molar-refractivity contribution is 7.99. The van der Waals surface area contributed by atoms with Crippen molar-refractivity contribution in [3.05, 3.63) is 65.0 Å². The Hall–Kier alpha value is -1.32. The predicted octanol–water partition coefficient (Wildman–Crippen LogP) is 4.10. The minimum Gasteiger partial charge on any atom is -0.327 e. The molecule has 1 atom stereocenters. The van der Waals surface area contributed by atoms with Crippen LogP contribution >= 0.6 is 11.8 Å². The SMILES string of the molecule is Cc1ccc(C)c(CC(N)CSc2ccccc2F)c1. The molecular weight excluding hydrogens is 269 g/mol. The molecule has 0 fully saturated rings. The summed E-state index contributed by atoms with van der Waals surface area (Å²) < 4.78 is 13.5. The van der Waals surface area contributed by atoms with E-state index >= 15 is 0 Å². The molecule has 0 heterocycles. The molecule has 0 spiro atoms. The quantitative estimate of drug-likeness (QED) is 0.838. The van der Waals surface area contributed by atoms with Gasteiger partial charge >= 0.3 is 0 Å². The van der Waals surface area contributed by atoms with Crippen molar-refractivity contribution in [3.8, 4) is 0 Å². The van der Waals surface area contributed by atoms with Crippen LogP contribution in [0.25, 0.3) is 0 Å². The maximum absolute atomic E-state index is 13.5. The third kappa shape index (κ3) is 4.09. The molecule has 1 nitrogen and oxygen atoms in total. The van der Waals surface area contributed by atoms with Gasteiger partial charge in [-0.1, -0.05) is 35.9 Å². The summed E-state index contributed by atoms with van der Waals surface area (Å²) in [5.41, 5.74) is 9.98. The molecule has 3 heteroatoms. The number of nitrogens with two attached hydrogens (primary N) is 1. The van der Waals surface area contributed by atoms with Crippen molar-refractivity contribution in [2.75, 3.05) is 5.75 Å². The van der Waals surface area contributed by atoms with E-state index in [9.17, 15) is 4.39 Å². The van der Waals surface area contributed by atoms with Gasteiger partial charge < -0.3 is 5.73 Å². The normalized spacial score (nSPS) is 12.4. The van der Waals surface area contributed by atoms with Gasteiger partial charge in [-0.3, -0.25) is 0 Å². The number of thioether (sulfide) groups is 1. The van der Waals surface area contributed by atoms with Gasteiger partial charge in [0.2, 0.25) is 0 Å². The van der Waals surface area contributed by atoms with E-state index in [1.165, 1.54) is 34.5 Å². The molecule has 2 rings (SSSR count). The Morgan fingerprint density at radius 1 is 1.15 bits per heavy atom. The van der Waals surface area contributed by atoms with E-state index in [1.54, 1.807) is 12.1 Å². The Labute approximate surface area is 124 Å². The number of benzene rings is 2. The first kappa shape index (κ1) is 15.1. The summed E-state index contributed by atoms with van der Waals surface area (Å²) in [5, 5.41) is 0. The van der Waals surface area contributed by atoms with E-state index in [4.69, 9.17) is 5.73 Å². The van der Waals surface area contributed by atoms with Crippen LogP contribution < -0.4 is 5.73 Å². The summed E-state index contributed by atoms with van der Waals surface area (Å²) in [4.78, 5) is 0.670. The Balaban J connectivity index is 1.94. The van der Waals surface area contributed by atoms with Gasteiger partial charge in [0.15, 0.2) is 0 Å². The van der Waals surface area contributed by atoms with Crippen molar-refractivity contribution >= 4 is 11.8 Å². The fourth-order valence-electron chi connectivity index (χ4n) is 2.12. The lowest BCUT2D eigenvalue weighted by Gasteiger charge is -2.14. The van der Waals surface area contributed by atoms with E-state index in [2.05, 4.69) is 32.0 Å². The van der Waals surface area contributed by atoms with E-state index in [0.29, 0.717) is 10.6 Å². The average Bonchev–Trinajstić information content (AvgIpc) is 2.42. The predicted molar refractivity (Wildman–Crippen MR) is 84.7 cm³/mol. The molecule has 0 saturated heterocycles. The zero-order valence-electron chi connectivity index (χ0n) is 11.9. The molecule has 0 amide bonds. The fourth-order valence-corrected chi connectivity index (χ4v) is 3.01. The van der Waals surface area contributed by atoms with Crippen molar-refractivity contribution in [1.82, 2.24) is 0 Å². The van der Waals surface area contributed by atoms with Gasteiger partial charge in [-0.05, 0) is 43.5 Å². The summed E-state index contributed by atoms with van der Waals surface area (Å²) >= 11 is 1.48. The van der Waals surface area contributed by atoms with Crippen LogP contribution in [-0.4, -0.2) is 11.8 Å². The lowest BCUT2D eigenvalue weighted by Crippen LogP contribution is -2.26. The topological polar surface area (TPSA) is 26.0 Å².